The van der Waals surface area contributed by atoms with E-state index in [1.807, 2.05) is 7.05 Å². The summed E-state index contributed by atoms with van der Waals surface area (Å²) in [6, 6.07) is 3.98. The van der Waals surface area contributed by atoms with Crippen molar-refractivity contribution in [3.63, 3.8) is 0 Å². The van der Waals surface area contributed by atoms with Crippen molar-refractivity contribution in [1.29, 1.82) is 0 Å². The van der Waals surface area contributed by atoms with Crippen molar-refractivity contribution in [2.75, 3.05) is 0 Å². The molecule has 0 bridgehead atoms. The van der Waals surface area contributed by atoms with Gasteiger partial charge >= 0.3 is 0 Å². The Labute approximate surface area is 103 Å². The second-order valence-electron chi connectivity index (χ2n) is 4.30. The van der Waals surface area contributed by atoms with E-state index in [0.29, 0.717) is 11.3 Å². The Morgan fingerprint density at radius 3 is 3.06 bits per heavy atom. The van der Waals surface area contributed by atoms with Crippen LogP contribution in [0.4, 0.5) is 4.39 Å². The molecule has 0 spiro atoms. The van der Waals surface area contributed by atoms with Gasteiger partial charge in [0.1, 0.15) is 17.7 Å². The zero-order valence-corrected chi connectivity index (χ0v) is 9.76. The standard InChI is InChI=1S/C13H11FN2O2/c1-16-7-15-6-10(16)13-5-11(17)9-3-2-8(14)4-12(9)18-13/h2-4,6-7,13H,5H2,1H3. The second kappa shape index (κ2) is 3.94. The van der Waals surface area contributed by atoms with E-state index in [2.05, 4.69) is 4.98 Å². The summed E-state index contributed by atoms with van der Waals surface area (Å²) >= 11 is 0. The summed E-state index contributed by atoms with van der Waals surface area (Å²) in [4.78, 5) is 16.0. The van der Waals surface area contributed by atoms with Gasteiger partial charge in [-0.1, -0.05) is 0 Å². The van der Waals surface area contributed by atoms with Crippen LogP contribution in [0.3, 0.4) is 0 Å². The third-order valence-corrected chi connectivity index (χ3v) is 3.07. The molecule has 0 aliphatic carbocycles. The van der Waals surface area contributed by atoms with Crippen LogP contribution in [0, 0.1) is 5.82 Å². The number of rotatable bonds is 1. The lowest BCUT2D eigenvalue weighted by atomic mass is 9.99. The van der Waals surface area contributed by atoms with Crippen LogP contribution in [0.2, 0.25) is 0 Å². The first-order chi connectivity index (χ1) is 8.65. The van der Waals surface area contributed by atoms with E-state index < -0.39 is 11.9 Å². The molecule has 3 rings (SSSR count). The highest BCUT2D eigenvalue weighted by Gasteiger charge is 2.29. The SMILES string of the molecule is Cn1cncc1C1CC(=O)c2ccc(F)cc2O1. The number of nitrogens with zero attached hydrogens (tertiary/aromatic N) is 2. The van der Waals surface area contributed by atoms with E-state index >= 15 is 0 Å². The zero-order valence-electron chi connectivity index (χ0n) is 9.76. The molecule has 0 amide bonds. The van der Waals surface area contributed by atoms with E-state index in [4.69, 9.17) is 4.74 Å². The first-order valence-corrected chi connectivity index (χ1v) is 5.61. The molecular weight excluding hydrogens is 235 g/mol. The molecule has 2 heterocycles. The summed E-state index contributed by atoms with van der Waals surface area (Å²) in [5, 5.41) is 0. The van der Waals surface area contributed by atoms with Gasteiger partial charge in [0.2, 0.25) is 0 Å². The van der Waals surface area contributed by atoms with Crippen LogP contribution >= 0.6 is 0 Å². The molecule has 1 aliphatic rings. The number of ether oxygens (including phenoxy) is 1. The fourth-order valence-corrected chi connectivity index (χ4v) is 2.14. The molecule has 0 fully saturated rings. The summed E-state index contributed by atoms with van der Waals surface area (Å²) < 4.78 is 20.6. The Morgan fingerprint density at radius 1 is 1.50 bits per heavy atom. The minimum Gasteiger partial charge on any atom is -0.483 e. The van der Waals surface area contributed by atoms with Crippen molar-refractivity contribution in [2.45, 2.75) is 12.5 Å². The molecule has 1 aromatic carbocycles. The first kappa shape index (κ1) is 11.0. The number of fused-ring (bicyclic) bond motifs is 1. The lowest BCUT2D eigenvalue weighted by Gasteiger charge is -2.25. The highest BCUT2D eigenvalue weighted by molar-refractivity contribution is 5.99. The summed E-state index contributed by atoms with van der Waals surface area (Å²) in [6.07, 6.45) is 3.14. The van der Waals surface area contributed by atoms with Gasteiger partial charge in [-0.15, -0.1) is 0 Å². The molecular formula is C13H11FN2O2. The molecule has 2 aromatic rings. The van der Waals surface area contributed by atoms with E-state index in [0.717, 1.165) is 5.69 Å². The number of benzene rings is 1. The van der Waals surface area contributed by atoms with Crippen LogP contribution in [-0.4, -0.2) is 15.3 Å². The average molecular weight is 246 g/mol. The second-order valence-corrected chi connectivity index (χ2v) is 4.30. The lowest BCUT2D eigenvalue weighted by molar-refractivity contribution is 0.0840. The summed E-state index contributed by atoms with van der Waals surface area (Å²) in [5.41, 5.74) is 1.24. The molecule has 1 aliphatic heterocycles. The quantitative estimate of drug-likeness (QED) is 0.775. The predicted octanol–water partition coefficient (Wildman–Crippen LogP) is 2.27. The number of imidazole rings is 1. The highest BCUT2D eigenvalue weighted by atomic mass is 19.1. The van der Waals surface area contributed by atoms with Crippen molar-refractivity contribution in [1.82, 2.24) is 9.55 Å². The minimum absolute atomic E-state index is 0.0394. The van der Waals surface area contributed by atoms with Crippen LogP contribution in [0.1, 0.15) is 28.6 Å². The fraction of sp³-hybridized carbons (Fsp3) is 0.231. The number of ketones is 1. The Bertz CT molecular complexity index is 621. The van der Waals surface area contributed by atoms with Gasteiger partial charge in [-0.2, -0.15) is 0 Å². The van der Waals surface area contributed by atoms with Crippen LogP contribution in [0.25, 0.3) is 0 Å². The third kappa shape index (κ3) is 1.68. The number of Topliss-reactive ketones (excluding diaryl/α,β-unsaturated/α-hetero) is 1. The van der Waals surface area contributed by atoms with Crippen LogP contribution in [-0.2, 0) is 7.05 Å². The van der Waals surface area contributed by atoms with Gasteiger partial charge in [-0.3, -0.25) is 4.79 Å². The number of aromatic nitrogens is 2. The van der Waals surface area contributed by atoms with E-state index in [9.17, 15) is 9.18 Å². The molecule has 0 N–H and O–H groups in total. The number of hydrogen-bond acceptors (Lipinski definition) is 3. The molecule has 0 saturated carbocycles. The maximum atomic E-state index is 13.2. The van der Waals surface area contributed by atoms with Crippen molar-refractivity contribution in [3.8, 4) is 5.75 Å². The minimum atomic E-state index is -0.410. The molecule has 4 nitrogen and oxygen atoms in total. The van der Waals surface area contributed by atoms with E-state index in [1.165, 1.54) is 18.2 Å². The fourth-order valence-electron chi connectivity index (χ4n) is 2.14. The summed E-state index contributed by atoms with van der Waals surface area (Å²) in [6.45, 7) is 0. The van der Waals surface area contributed by atoms with Crippen molar-refractivity contribution in [3.05, 3.63) is 47.8 Å². The number of hydrogen-bond donors (Lipinski definition) is 0. The van der Waals surface area contributed by atoms with Crippen molar-refractivity contribution >= 4 is 5.78 Å². The van der Waals surface area contributed by atoms with Gasteiger partial charge in [0.25, 0.3) is 0 Å². The van der Waals surface area contributed by atoms with E-state index in [-0.39, 0.29) is 12.2 Å². The maximum Gasteiger partial charge on any atom is 0.170 e. The van der Waals surface area contributed by atoms with Gasteiger partial charge in [0.05, 0.1) is 30.2 Å². The summed E-state index contributed by atoms with van der Waals surface area (Å²) in [5.74, 6) is -0.146. The number of halogens is 1. The predicted molar refractivity (Wildman–Crippen MR) is 61.9 cm³/mol. The molecule has 18 heavy (non-hydrogen) atoms. The molecule has 1 unspecified atom stereocenters. The van der Waals surface area contributed by atoms with Crippen molar-refractivity contribution < 1.29 is 13.9 Å². The van der Waals surface area contributed by atoms with Crippen LogP contribution in [0.15, 0.2) is 30.7 Å². The topological polar surface area (TPSA) is 44.1 Å². The Morgan fingerprint density at radius 2 is 2.33 bits per heavy atom. The largest absolute Gasteiger partial charge is 0.483 e. The monoisotopic (exact) mass is 246 g/mol. The smallest absolute Gasteiger partial charge is 0.170 e. The number of aryl methyl sites for hydroxylation is 1. The molecule has 1 aromatic heterocycles. The van der Waals surface area contributed by atoms with E-state index in [1.54, 1.807) is 17.1 Å². The number of carbonyl (C=O) groups is 1. The van der Waals surface area contributed by atoms with Gasteiger partial charge in [0, 0.05) is 13.1 Å². The van der Waals surface area contributed by atoms with Gasteiger partial charge in [-0.05, 0) is 12.1 Å². The van der Waals surface area contributed by atoms with Crippen LogP contribution < -0.4 is 4.74 Å². The molecule has 0 radical (unpaired) electrons. The zero-order chi connectivity index (χ0) is 12.7. The molecule has 0 saturated heterocycles. The van der Waals surface area contributed by atoms with Gasteiger partial charge in [0.15, 0.2) is 5.78 Å². The summed E-state index contributed by atoms with van der Waals surface area (Å²) in [7, 11) is 1.83. The average Bonchev–Trinajstić information content (AvgIpc) is 2.74. The first-order valence-electron chi connectivity index (χ1n) is 5.61. The van der Waals surface area contributed by atoms with Gasteiger partial charge < -0.3 is 9.30 Å². The van der Waals surface area contributed by atoms with Gasteiger partial charge in [-0.25, -0.2) is 9.37 Å². The maximum absolute atomic E-state index is 13.2. The highest BCUT2D eigenvalue weighted by Crippen LogP contribution is 2.34. The van der Waals surface area contributed by atoms with Crippen LogP contribution in [0.5, 0.6) is 5.75 Å². The normalized spacial score (nSPS) is 18.3. The molecule has 1 atom stereocenters. The Kier molecular flexibility index (Phi) is 2.40. The molecule has 5 heteroatoms. The third-order valence-electron chi connectivity index (χ3n) is 3.07. The lowest BCUT2D eigenvalue weighted by Crippen LogP contribution is -2.22. The molecule has 92 valence electrons. The number of carbonyl (C=O) groups excluding carboxylic acids is 1. The van der Waals surface area contributed by atoms with Crippen molar-refractivity contribution in [2.24, 2.45) is 7.05 Å². The Hall–Kier alpha value is -2.17. The Balaban J connectivity index is 2.01.